The first kappa shape index (κ1) is 15.4. The number of esters is 1. The summed E-state index contributed by atoms with van der Waals surface area (Å²) in [7, 11) is 1.83. The van der Waals surface area contributed by atoms with Crippen LogP contribution in [0.5, 0.6) is 0 Å². The molecule has 0 aliphatic rings. The van der Waals surface area contributed by atoms with Gasteiger partial charge in [-0.2, -0.15) is 5.10 Å². The number of thiazole rings is 1. The Morgan fingerprint density at radius 1 is 1.35 bits per heavy atom. The maximum atomic E-state index is 11.9. The Bertz CT molecular complexity index is 838. The molecule has 0 atom stereocenters. The highest BCUT2D eigenvalue weighted by molar-refractivity contribution is 7.13. The predicted molar refractivity (Wildman–Crippen MR) is 90.4 cm³/mol. The fourth-order valence-electron chi connectivity index (χ4n) is 2.42. The van der Waals surface area contributed by atoms with Crippen molar-refractivity contribution >= 4 is 17.3 Å². The average Bonchev–Trinajstić information content (AvgIpc) is 3.18. The summed E-state index contributed by atoms with van der Waals surface area (Å²) in [5.74, 6) is -0.400. The molecular weight excluding hydrogens is 310 g/mol. The topological polar surface area (TPSA) is 57.0 Å². The Morgan fingerprint density at radius 2 is 2.17 bits per heavy atom. The van der Waals surface area contributed by atoms with Gasteiger partial charge in [0.15, 0.2) is 5.69 Å². The van der Waals surface area contributed by atoms with Gasteiger partial charge >= 0.3 is 5.97 Å². The Hall–Kier alpha value is -2.47. The van der Waals surface area contributed by atoms with Crippen LogP contribution in [-0.4, -0.2) is 27.3 Å². The van der Waals surface area contributed by atoms with Crippen molar-refractivity contribution in [2.24, 2.45) is 7.05 Å². The summed E-state index contributed by atoms with van der Waals surface area (Å²) in [6.07, 6.45) is 1.79. The van der Waals surface area contributed by atoms with E-state index in [2.05, 4.69) is 28.3 Å². The second kappa shape index (κ2) is 6.34. The average molecular weight is 327 g/mol. The highest BCUT2D eigenvalue weighted by atomic mass is 32.1. The summed E-state index contributed by atoms with van der Waals surface area (Å²) >= 11 is 1.60. The summed E-state index contributed by atoms with van der Waals surface area (Å²) in [5, 5.41) is 7.20. The maximum absolute atomic E-state index is 11.9. The quantitative estimate of drug-likeness (QED) is 0.686. The Kier molecular flexibility index (Phi) is 4.25. The number of carbonyl (C=O) groups is 1. The van der Waals surface area contributed by atoms with Gasteiger partial charge in [-0.1, -0.05) is 12.1 Å². The zero-order valence-corrected chi connectivity index (χ0v) is 14.1. The first-order chi connectivity index (χ1) is 11.1. The number of aromatic nitrogens is 3. The molecule has 0 aliphatic carbocycles. The van der Waals surface area contributed by atoms with E-state index in [4.69, 9.17) is 4.74 Å². The van der Waals surface area contributed by atoms with E-state index in [1.54, 1.807) is 35.2 Å². The van der Waals surface area contributed by atoms with Gasteiger partial charge in [0.05, 0.1) is 12.3 Å². The number of aryl methyl sites for hydroxylation is 2. The maximum Gasteiger partial charge on any atom is 0.358 e. The molecule has 5 nitrogen and oxygen atoms in total. The Balaban J connectivity index is 2.05. The molecule has 0 fully saturated rings. The fourth-order valence-corrected chi connectivity index (χ4v) is 3.06. The van der Waals surface area contributed by atoms with Gasteiger partial charge in [0.1, 0.15) is 5.01 Å². The molecule has 1 aromatic carbocycles. The van der Waals surface area contributed by atoms with Gasteiger partial charge in [0.25, 0.3) is 0 Å². The smallest absolute Gasteiger partial charge is 0.358 e. The van der Waals surface area contributed by atoms with E-state index in [9.17, 15) is 4.79 Å². The SMILES string of the molecule is CCOC(=O)c1cc(-c2cc(-c3nccs3)ccc2C)n(C)n1. The number of carbonyl (C=O) groups excluding carboxylic acids is 1. The van der Waals surface area contributed by atoms with Gasteiger partial charge < -0.3 is 4.74 Å². The lowest BCUT2D eigenvalue weighted by Crippen LogP contribution is -2.05. The van der Waals surface area contributed by atoms with Gasteiger partial charge in [-0.05, 0) is 31.5 Å². The van der Waals surface area contributed by atoms with Gasteiger partial charge in [-0.3, -0.25) is 4.68 Å². The number of ether oxygens (including phenoxy) is 1. The minimum Gasteiger partial charge on any atom is -0.461 e. The standard InChI is InChI=1S/C17H17N3O2S/c1-4-22-17(21)14-10-15(20(3)19-14)13-9-12(6-5-11(13)2)16-18-7-8-23-16/h5-10H,4H2,1-3H3. The van der Waals surface area contributed by atoms with Crippen LogP contribution in [0.15, 0.2) is 35.8 Å². The molecule has 118 valence electrons. The van der Waals surface area contributed by atoms with Crippen molar-refractivity contribution in [1.29, 1.82) is 0 Å². The van der Waals surface area contributed by atoms with Gasteiger partial charge in [-0.25, -0.2) is 9.78 Å². The van der Waals surface area contributed by atoms with Crippen molar-refractivity contribution in [2.75, 3.05) is 6.61 Å². The number of hydrogen-bond acceptors (Lipinski definition) is 5. The number of rotatable bonds is 4. The van der Waals surface area contributed by atoms with Crippen molar-refractivity contribution in [2.45, 2.75) is 13.8 Å². The van der Waals surface area contributed by atoms with Crippen molar-refractivity contribution < 1.29 is 9.53 Å². The zero-order valence-electron chi connectivity index (χ0n) is 13.2. The van der Waals surface area contributed by atoms with Gasteiger partial charge in [-0.15, -0.1) is 11.3 Å². The second-order valence-corrected chi connectivity index (χ2v) is 6.02. The molecule has 0 N–H and O–H groups in total. The van der Waals surface area contributed by atoms with Crippen LogP contribution < -0.4 is 0 Å². The highest BCUT2D eigenvalue weighted by Gasteiger charge is 2.16. The highest BCUT2D eigenvalue weighted by Crippen LogP contribution is 2.30. The molecule has 0 saturated heterocycles. The van der Waals surface area contributed by atoms with Crippen LogP contribution in [-0.2, 0) is 11.8 Å². The number of nitrogens with zero attached hydrogens (tertiary/aromatic N) is 3. The summed E-state index contributed by atoms with van der Waals surface area (Å²) < 4.78 is 6.73. The van der Waals surface area contributed by atoms with E-state index in [0.717, 1.165) is 27.4 Å². The third kappa shape index (κ3) is 3.03. The summed E-state index contributed by atoms with van der Waals surface area (Å²) in [5.41, 5.74) is 4.40. The summed E-state index contributed by atoms with van der Waals surface area (Å²) in [6, 6.07) is 7.97. The lowest BCUT2D eigenvalue weighted by Gasteiger charge is -2.08. The third-order valence-corrected chi connectivity index (χ3v) is 4.38. The molecule has 0 amide bonds. The molecular formula is C17H17N3O2S. The van der Waals surface area contributed by atoms with Crippen LogP contribution in [0.1, 0.15) is 23.0 Å². The van der Waals surface area contributed by atoms with Crippen LogP contribution in [0.25, 0.3) is 21.8 Å². The molecule has 0 saturated carbocycles. The first-order valence-electron chi connectivity index (χ1n) is 7.32. The normalized spacial score (nSPS) is 10.7. The molecule has 2 heterocycles. The monoisotopic (exact) mass is 327 g/mol. The molecule has 0 spiro atoms. The van der Waals surface area contributed by atoms with Gasteiger partial charge in [0, 0.05) is 29.8 Å². The molecule has 0 unspecified atom stereocenters. The largest absolute Gasteiger partial charge is 0.461 e. The minimum atomic E-state index is -0.400. The van der Waals surface area contributed by atoms with Crippen molar-refractivity contribution in [3.8, 4) is 21.8 Å². The van der Waals surface area contributed by atoms with Crippen LogP contribution in [0, 0.1) is 6.92 Å². The van der Waals surface area contributed by atoms with Crippen molar-refractivity contribution in [3.05, 3.63) is 47.1 Å². The zero-order chi connectivity index (χ0) is 16.4. The van der Waals surface area contributed by atoms with Crippen molar-refractivity contribution in [3.63, 3.8) is 0 Å². The number of hydrogen-bond donors (Lipinski definition) is 0. The fraction of sp³-hybridized carbons (Fsp3) is 0.235. The van der Waals surface area contributed by atoms with E-state index in [0.29, 0.717) is 12.3 Å². The Morgan fingerprint density at radius 3 is 2.87 bits per heavy atom. The van der Waals surface area contributed by atoms with Crippen LogP contribution in [0.3, 0.4) is 0 Å². The molecule has 0 aliphatic heterocycles. The molecule has 23 heavy (non-hydrogen) atoms. The third-order valence-electron chi connectivity index (χ3n) is 3.56. The lowest BCUT2D eigenvalue weighted by atomic mass is 10.0. The predicted octanol–water partition coefficient (Wildman–Crippen LogP) is 3.70. The van der Waals surface area contributed by atoms with Crippen LogP contribution in [0.4, 0.5) is 0 Å². The second-order valence-electron chi connectivity index (χ2n) is 5.13. The van der Waals surface area contributed by atoms with E-state index >= 15 is 0 Å². The van der Waals surface area contributed by atoms with Gasteiger partial charge in [0.2, 0.25) is 0 Å². The minimum absolute atomic E-state index is 0.323. The molecule has 3 aromatic rings. The van der Waals surface area contributed by atoms with Crippen molar-refractivity contribution in [1.82, 2.24) is 14.8 Å². The molecule has 3 rings (SSSR count). The first-order valence-corrected chi connectivity index (χ1v) is 8.20. The Labute approximate surface area is 138 Å². The van der Waals surface area contributed by atoms with E-state index in [1.807, 2.05) is 19.4 Å². The lowest BCUT2D eigenvalue weighted by molar-refractivity contribution is 0.0518. The van der Waals surface area contributed by atoms with Crippen LogP contribution in [0.2, 0.25) is 0 Å². The summed E-state index contributed by atoms with van der Waals surface area (Å²) in [4.78, 5) is 16.2. The molecule has 2 aromatic heterocycles. The molecule has 0 radical (unpaired) electrons. The molecule has 0 bridgehead atoms. The van der Waals surface area contributed by atoms with E-state index in [1.165, 1.54) is 0 Å². The van der Waals surface area contributed by atoms with Crippen LogP contribution >= 0.6 is 11.3 Å². The summed E-state index contributed by atoms with van der Waals surface area (Å²) in [6.45, 7) is 4.16. The number of benzene rings is 1. The van der Waals surface area contributed by atoms with E-state index in [-0.39, 0.29) is 0 Å². The van der Waals surface area contributed by atoms with E-state index < -0.39 is 5.97 Å². The molecule has 6 heteroatoms.